The zero-order valence-corrected chi connectivity index (χ0v) is 16.7. The number of nitrogens with zero attached hydrogens (tertiary/aromatic N) is 3. The van der Waals surface area contributed by atoms with Gasteiger partial charge in [0.15, 0.2) is 12.4 Å². The number of ether oxygens (including phenoxy) is 1. The van der Waals surface area contributed by atoms with Gasteiger partial charge >= 0.3 is 5.97 Å². The minimum absolute atomic E-state index is 0.366. The number of fused-ring (bicyclic) bond motifs is 1. The number of rotatable bonds is 7. The molecule has 0 aliphatic heterocycles. The molecule has 3 aromatic carbocycles. The monoisotopic (exact) mass is 418 g/mol. The molecule has 0 aliphatic carbocycles. The molecule has 0 bridgehead atoms. The summed E-state index contributed by atoms with van der Waals surface area (Å²) >= 11 is 5.34. The summed E-state index contributed by atoms with van der Waals surface area (Å²) in [6, 6.07) is 21.4. The first-order valence-electron chi connectivity index (χ1n) is 9.23. The van der Waals surface area contributed by atoms with Crippen LogP contribution >= 0.6 is 12.2 Å². The van der Waals surface area contributed by atoms with Gasteiger partial charge in [0.2, 0.25) is 4.77 Å². The van der Waals surface area contributed by atoms with Gasteiger partial charge in [-0.3, -0.25) is 5.10 Å². The van der Waals surface area contributed by atoms with Crippen molar-refractivity contribution in [1.29, 1.82) is 0 Å². The molecule has 4 aromatic rings. The van der Waals surface area contributed by atoms with Gasteiger partial charge in [-0.2, -0.15) is 14.9 Å². The van der Waals surface area contributed by atoms with Crippen LogP contribution < -0.4 is 4.74 Å². The highest BCUT2D eigenvalue weighted by Crippen LogP contribution is 2.21. The number of H-pyrrole nitrogens is 1. The van der Waals surface area contributed by atoms with E-state index in [-0.39, 0.29) is 0 Å². The number of aliphatic carboxylic acids is 1. The molecule has 2 N–H and O–H groups in total. The van der Waals surface area contributed by atoms with Gasteiger partial charge < -0.3 is 9.84 Å². The Labute approximate surface area is 177 Å². The van der Waals surface area contributed by atoms with Crippen molar-refractivity contribution in [2.45, 2.75) is 6.42 Å². The Morgan fingerprint density at radius 3 is 2.77 bits per heavy atom. The van der Waals surface area contributed by atoms with E-state index in [0.29, 0.717) is 28.3 Å². The number of carboxylic acids is 1. The number of hydrogen-bond acceptors (Lipinski definition) is 5. The first-order valence-corrected chi connectivity index (χ1v) is 9.63. The Morgan fingerprint density at radius 2 is 1.90 bits per heavy atom. The second-order valence-electron chi connectivity index (χ2n) is 6.54. The van der Waals surface area contributed by atoms with Crippen LogP contribution in [0.3, 0.4) is 0 Å². The number of hydrogen-bond donors (Lipinski definition) is 2. The molecular weight excluding hydrogens is 400 g/mol. The fourth-order valence-corrected chi connectivity index (χ4v) is 3.35. The van der Waals surface area contributed by atoms with Crippen molar-refractivity contribution in [1.82, 2.24) is 14.9 Å². The zero-order chi connectivity index (χ0) is 20.9. The molecule has 8 heteroatoms. The predicted octanol–water partition coefficient (Wildman–Crippen LogP) is 4.03. The Bertz CT molecular complexity index is 1290. The van der Waals surface area contributed by atoms with Crippen molar-refractivity contribution in [2.75, 3.05) is 6.61 Å². The molecule has 0 atom stereocenters. The van der Waals surface area contributed by atoms with E-state index < -0.39 is 12.6 Å². The van der Waals surface area contributed by atoms with Gasteiger partial charge in [-0.05, 0) is 40.7 Å². The lowest BCUT2D eigenvalue weighted by molar-refractivity contribution is -0.139. The summed E-state index contributed by atoms with van der Waals surface area (Å²) in [7, 11) is 0. The van der Waals surface area contributed by atoms with Gasteiger partial charge in [0.05, 0.1) is 6.21 Å². The number of aromatic amines is 1. The highest BCUT2D eigenvalue weighted by atomic mass is 32.1. The second-order valence-corrected chi connectivity index (χ2v) is 6.92. The third-order valence-corrected chi connectivity index (χ3v) is 4.79. The molecule has 1 heterocycles. The summed E-state index contributed by atoms with van der Waals surface area (Å²) in [6.45, 7) is -0.428. The molecule has 7 nitrogen and oxygen atoms in total. The maximum Gasteiger partial charge on any atom is 0.341 e. The molecule has 150 valence electrons. The second kappa shape index (κ2) is 8.71. The molecule has 0 aliphatic rings. The van der Waals surface area contributed by atoms with E-state index in [1.165, 1.54) is 0 Å². The van der Waals surface area contributed by atoms with E-state index in [1.807, 2.05) is 24.3 Å². The van der Waals surface area contributed by atoms with E-state index in [4.69, 9.17) is 22.1 Å². The van der Waals surface area contributed by atoms with Gasteiger partial charge in [0.25, 0.3) is 0 Å². The van der Waals surface area contributed by atoms with Crippen LogP contribution in [0.2, 0.25) is 0 Å². The van der Waals surface area contributed by atoms with E-state index >= 15 is 0 Å². The molecular formula is C22H18N4O3S. The zero-order valence-electron chi connectivity index (χ0n) is 15.9. The smallest absolute Gasteiger partial charge is 0.341 e. The van der Waals surface area contributed by atoms with Gasteiger partial charge in [-0.15, -0.1) is 0 Å². The fraction of sp³-hybridized carbons (Fsp3) is 0.0909. The number of carbonyl (C=O) groups is 1. The van der Waals surface area contributed by atoms with Crippen molar-refractivity contribution in [3.63, 3.8) is 0 Å². The quantitative estimate of drug-likeness (QED) is 0.349. The molecule has 0 saturated heterocycles. The molecule has 4 rings (SSSR count). The number of aromatic nitrogens is 3. The summed E-state index contributed by atoms with van der Waals surface area (Å²) in [5.41, 5.74) is 1.75. The van der Waals surface area contributed by atoms with Crippen LogP contribution in [0.25, 0.3) is 10.8 Å². The molecule has 30 heavy (non-hydrogen) atoms. The van der Waals surface area contributed by atoms with Crippen LogP contribution in [0.15, 0.2) is 71.8 Å². The van der Waals surface area contributed by atoms with Gasteiger partial charge in [-0.1, -0.05) is 54.6 Å². The summed E-state index contributed by atoms with van der Waals surface area (Å²) in [6.07, 6.45) is 2.12. The normalized spacial score (nSPS) is 11.2. The Kier molecular flexibility index (Phi) is 5.67. The van der Waals surface area contributed by atoms with E-state index in [0.717, 1.165) is 16.3 Å². The standard InChI is InChI=1S/C22H18N4O3S/c27-21(28)14-29-19-11-4-2-7-17(19)13-23-26-20(24-25-22(26)30)12-16-9-5-8-15-6-1-3-10-18(15)16/h1-11,13H,12,14H2,(H,25,30)(H,27,28). The summed E-state index contributed by atoms with van der Waals surface area (Å²) in [5, 5.41) is 22.7. The fourth-order valence-electron chi connectivity index (χ4n) is 3.15. The van der Waals surface area contributed by atoms with Gasteiger partial charge in [-0.25, -0.2) is 4.79 Å². The average Bonchev–Trinajstić information content (AvgIpc) is 3.10. The number of benzene rings is 3. The third kappa shape index (κ3) is 4.28. The van der Waals surface area contributed by atoms with Gasteiger partial charge in [0, 0.05) is 12.0 Å². The Hall–Kier alpha value is -3.78. The molecule has 0 radical (unpaired) electrons. The summed E-state index contributed by atoms with van der Waals surface area (Å²) in [4.78, 5) is 10.8. The summed E-state index contributed by atoms with van der Waals surface area (Å²) in [5.74, 6) is 0.0435. The van der Waals surface area contributed by atoms with E-state index in [2.05, 4.69) is 39.6 Å². The van der Waals surface area contributed by atoms with Crippen molar-refractivity contribution in [2.24, 2.45) is 5.10 Å². The molecule has 0 unspecified atom stereocenters. The van der Waals surface area contributed by atoms with E-state index in [1.54, 1.807) is 29.1 Å². The molecule has 0 saturated carbocycles. The predicted molar refractivity (Wildman–Crippen MR) is 117 cm³/mol. The minimum atomic E-state index is -1.05. The Morgan fingerprint density at radius 1 is 1.13 bits per heavy atom. The van der Waals surface area contributed by atoms with Crippen LogP contribution in [-0.2, 0) is 11.2 Å². The van der Waals surface area contributed by atoms with Crippen molar-refractivity contribution in [3.8, 4) is 5.75 Å². The van der Waals surface area contributed by atoms with Crippen molar-refractivity contribution >= 4 is 35.2 Å². The maximum atomic E-state index is 10.8. The van der Waals surface area contributed by atoms with Crippen LogP contribution in [0.5, 0.6) is 5.75 Å². The van der Waals surface area contributed by atoms with Crippen LogP contribution in [0, 0.1) is 4.77 Å². The average molecular weight is 418 g/mol. The highest BCUT2D eigenvalue weighted by molar-refractivity contribution is 7.71. The van der Waals surface area contributed by atoms with E-state index in [9.17, 15) is 4.79 Å². The molecule has 0 amide bonds. The molecule has 0 fully saturated rings. The number of nitrogens with one attached hydrogen (secondary N) is 1. The SMILES string of the molecule is O=C(O)COc1ccccc1C=Nn1c(Cc2cccc3ccccc23)n[nH]c1=S. The summed E-state index contributed by atoms with van der Waals surface area (Å²) < 4.78 is 7.25. The Balaban J connectivity index is 1.64. The molecule has 1 aromatic heterocycles. The van der Waals surface area contributed by atoms with Crippen molar-refractivity contribution in [3.05, 3.63) is 88.5 Å². The highest BCUT2D eigenvalue weighted by Gasteiger charge is 2.10. The first-order chi connectivity index (χ1) is 14.6. The van der Waals surface area contributed by atoms with Crippen molar-refractivity contribution < 1.29 is 14.6 Å². The van der Waals surface area contributed by atoms with Crippen LogP contribution in [0.1, 0.15) is 17.0 Å². The topological polar surface area (TPSA) is 92.5 Å². The third-order valence-electron chi connectivity index (χ3n) is 4.53. The number of para-hydroxylation sites is 1. The maximum absolute atomic E-state index is 10.8. The van der Waals surface area contributed by atoms with Crippen LogP contribution in [-0.4, -0.2) is 38.8 Å². The lowest BCUT2D eigenvalue weighted by Crippen LogP contribution is -2.10. The van der Waals surface area contributed by atoms with Crippen LogP contribution in [0.4, 0.5) is 0 Å². The first kappa shape index (κ1) is 19.5. The lowest BCUT2D eigenvalue weighted by atomic mass is 10.0. The lowest BCUT2D eigenvalue weighted by Gasteiger charge is -2.07. The van der Waals surface area contributed by atoms with Gasteiger partial charge in [0.1, 0.15) is 5.75 Å². The minimum Gasteiger partial charge on any atom is -0.481 e. The largest absolute Gasteiger partial charge is 0.481 e. The molecule has 0 spiro atoms. The number of carboxylic acid groups (broad SMARTS) is 1.